The van der Waals surface area contributed by atoms with E-state index >= 15 is 0 Å². The zero-order chi connectivity index (χ0) is 32.0. The molecule has 0 saturated heterocycles. The van der Waals surface area contributed by atoms with Gasteiger partial charge >= 0.3 is 0 Å². The summed E-state index contributed by atoms with van der Waals surface area (Å²) in [6, 6.07) is 54.8. The summed E-state index contributed by atoms with van der Waals surface area (Å²) < 4.78 is 2.44. The number of hydrogen-bond donors (Lipinski definition) is 1. The number of fused-ring (bicyclic) bond motifs is 5. The number of nitrogens with one attached hydrogen (secondary N) is 1. The van der Waals surface area contributed by atoms with Crippen LogP contribution in [0, 0.1) is 6.92 Å². The molecule has 1 aliphatic heterocycles. The summed E-state index contributed by atoms with van der Waals surface area (Å²) in [7, 11) is 0. The van der Waals surface area contributed by atoms with Crippen LogP contribution in [0.3, 0.4) is 0 Å². The van der Waals surface area contributed by atoms with Gasteiger partial charge in [0.15, 0.2) is 0 Å². The second-order valence-corrected chi connectivity index (χ2v) is 12.6. The van der Waals surface area contributed by atoms with Gasteiger partial charge in [-0.3, -0.25) is 4.98 Å². The number of nitrogens with zero attached hydrogens (tertiary/aromatic N) is 2. The van der Waals surface area contributed by atoms with Crippen LogP contribution in [0.1, 0.15) is 17.0 Å². The molecule has 3 heterocycles. The van der Waals surface area contributed by atoms with Crippen LogP contribution in [0.25, 0.3) is 71.7 Å². The molecule has 48 heavy (non-hydrogen) atoms. The zero-order valence-electron chi connectivity index (χ0n) is 26.7. The first-order valence-electron chi connectivity index (χ1n) is 16.5. The lowest BCUT2D eigenvalue weighted by molar-refractivity contribution is 0.978. The quantitative estimate of drug-likeness (QED) is 0.209. The van der Waals surface area contributed by atoms with Crippen molar-refractivity contribution in [3.05, 3.63) is 181 Å². The number of rotatable bonds is 5. The van der Waals surface area contributed by atoms with Crippen molar-refractivity contribution in [2.24, 2.45) is 0 Å². The van der Waals surface area contributed by atoms with Gasteiger partial charge in [-0.05, 0) is 99.8 Å². The number of dihydropyridines is 1. The minimum atomic E-state index is 0.761. The van der Waals surface area contributed by atoms with Crippen molar-refractivity contribution >= 4 is 43.7 Å². The number of para-hydroxylation sites is 1. The van der Waals surface area contributed by atoms with Gasteiger partial charge in [0.05, 0.1) is 16.7 Å². The fourth-order valence-corrected chi connectivity index (χ4v) is 7.15. The SMILES string of the molecule is Cc1cccc(C2=CC(c3ccc4c5ccc6cc(-c7cccc(-c8ccccc8)c7)ccc6c5n(-c5ccccc5)c4c3)=CNC2)n1. The van der Waals surface area contributed by atoms with Gasteiger partial charge < -0.3 is 9.88 Å². The Labute approximate surface area is 280 Å². The van der Waals surface area contributed by atoms with Gasteiger partial charge in [-0.25, -0.2) is 0 Å². The molecule has 1 N–H and O–H groups in total. The first-order valence-corrected chi connectivity index (χ1v) is 16.5. The smallest absolute Gasteiger partial charge is 0.0682 e. The van der Waals surface area contributed by atoms with Crippen LogP contribution < -0.4 is 5.32 Å². The monoisotopic (exact) mass is 615 g/mol. The molecule has 3 heteroatoms. The van der Waals surface area contributed by atoms with Crippen LogP contribution in [0.2, 0.25) is 0 Å². The molecule has 0 fully saturated rings. The van der Waals surface area contributed by atoms with Crippen molar-refractivity contribution in [2.45, 2.75) is 6.92 Å². The van der Waals surface area contributed by atoms with E-state index in [2.05, 4.69) is 168 Å². The molecule has 0 saturated carbocycles. The van der Waals surface area contributed by atoms with Gasteiger partial charge in [0.25, 0.3) is 0 Å². The summed E-state index contributed by atoms with van der Waals surface area (Å²) >= 11 is 0. The lowest BCUT2D eigenvalue weighted by atomic mass is 9.96. The molecule has 9 rings (SSSR count). The first-order chi connectivity index (χ1) is 23.7. The molecule has 3 nitrogen and oxygen atoms in total. The van der Waals surface area contributed by atoms with E-state index in [-0.39, 0.29) is 0 Å². The standard InChI is InChI=1S/C45H33N3/c1-30-10-8-17-43(47-30)38-26-37(28-46-29-38)35-19-22-41-42-23-20-36-25-34(33-14-9-13-32(24-33)31-11-4-2-5-12-31)18-21-40(36)45(42)48(44(41)27-35)39-15-6-3-7-16-39/h2-28,46H,29H2,1H3. The normalized spacial score (nSPS) is 13.0. The minimum Gasteiger partial charge on any atom is -0.386 e. The summed E-state index contributed by atoms with van der Waals surface area (Å²) in [5.41, 5.74) is 14.0. The maximum Gasteiger partial charge on any atom is 0.0682 e. The topological polar surface area (TPSA) is 29.9 Å². The van der Waals surface area contributed by atoms with Crippen LogP contribution in [0.5, 0.6) is 0 Å². The molecule has 0 radical (unpaired) electrons. The third-order valence-electron chi connectivity index (χ3n) is 9.49. The molecule has 0 bridgehead atoms. The number of aryl methyl sites for hydroxylation is 1. The summed E-state index contributed by atoms with van der Waals surface area (Å²) in [6.45, 7) is 2.80. The lowest BCUT2D eigenvalue weighted by Gasteiger charge is -2.16. The molecular weight excluding hydrogens is 583 g/mol. The van der Waals surface area contributed by atoms with Crippen LogP contribution >= 0.6 is 0 Å². The highest BCUT2D eigenvalue weighted by Crippen LogP contribution is 2.39. The van der Waals surface area contributed by atoms with Gasteiger partial charge in [0.1, 0.15) is 0 Å². The first kappa shape index (κ1) is 28.1. The molecule has 0 atom stereocenters. The second-order valence-electron chi connectivity index (χ2n) is 12.6. The summed E-state index contributed by atoms with van der Waals surface area (Å²) in [5, 5.41) is 8.46. The molecular formula is C45H33N3. The van der Waals surface area contributed by atoms with Crippen molar-refractivity contribution in [3.63, 3.8) is 0 Å². The molecule has 0 spiro atoms. The van der Waals surface area contributed by atoms with Gasteiger partial charge in [0, 0.05) is 40.3 Å². The summed E-state index contributed by atoms with van der Waals surface area (Å²) in [4.78, 5) is 4.79. The molecule has 2 aromatic heterocycles. The minimum absolute atomic E-state index is 0.761. The summed E-state index contributed by atoms with van der Waals surface area (Å²) in [6.07, 6.45) is 4.40. The molecule has 8 aromatic rings. The van der Waals surface area contributed by atoms with Crippen molar-refractivity contribution < 1.29 is 0 Å². The van der Waals surface area contributed by atoms with Crippen LogP contribution in [-0.2, 0) is 0 Å². The fourth-order valence-electron chi connectivity index (χ4n) is 7.15. The van der Waals surface area contributed by atoms with E-state index in [1.807, 2.05) is 13.0 Å². The molecule has 228 valence electrons. The summed E-state index contributed by atoms with van der Waals surface area (Å²) in [5.74, 6) is 0. The number of pyridine rings is 1. The Bertz CT molecular complexity index is 2550. The highest BCUT2D eigenvalue weighted by atomic mass is 15.0. The third-order valence-corrected chi connectivity index (χ3v) is 9.49. The zero-order valence-corrected chi connectivity index (χ0v) is 26.7. The van der Waals surface area contributed by atoms with Crippen molar-refractivity contribution in [2.75, 3.05) is 6.54 Å². The van der Waals surface area contributed by atoms with Crippen LogP contribution in [0.15, 0.2) is 164 Å². The average Bonchev–Trinajstić information content (AvgIpc) is 3.49. The second kappa shape index (κ2) is 11.6. The predicted octanol–water partition coefficient (Wildman–Crippen LogP) is 11.0. The van der Waals surface area contributed by atoms with Crippen LogP contribution in [-0.4, -0.2) is 16.1 Å². The Morgan fingerprint density at radius 2 is 1.25 bits per heavy atom. The van der Waals surface area contributed by atoms with E-state index in [0.29, 0.717) is 0 Å². The Kier molecular flexibility index (Phi) is 6.76. The van der Waals surface area contributed by atoms with Gasteiger partial charge in [-0.2, -0.15) is 0 Å². The Hall–Kier alpha value is -6.19. The van der Waals surface area contributed by atoms with E-state index in [1.165, 1.54) is 66.0 Å². The van der Waals surface area contributed by atoms with E-state index in [1.54, 1.807) is 0 Å². The lowest BCUT2D eigenvalue weighted by Crippen LogP contribution is -2.15. The van der Waals surface area contributed by atoms with Gasteiger partial charge in [-0.1, -0.05) is 109 Å². The van der Waals surface area contributed by atoms with E-state index in [4.69, 9.17) is 4.98 Å². The van der Waals surface area contributed by atoms with E-state index < -0.39 is 0 Å². The Morgan fingerprint density at radius 1 is 0.562 bits per heavy atom. The molecule has 0 unspecified atom stereocenters. The molecule has 0 amide bonds. The molecule has 6 aromatic carbocycles. The van der Waals surface area contributed by atoms with E-state index in [0.717, 1.165) is 29.2 Å². The molecule has 0 aliphatic carbocycles. The number of benzene rings is 6. The fraction of sp³-hybridized carbons (Fsp3) is 0.0444. The number of allylic oxidation sites excluding steroid dienone is 2. The highest BCUT2D eigenvalue weighted by Gasteiger charge is 2.18. The van der Waals surface area contributed by atoms with Crippen LogP contribution in [0.4, 0.5) is 0 Å². The molecule has 1 aliphatic rings. The van der Waals surface area contributed by atoms with Gasteiger partial charge in [-0.15, -0.1) is 0 Å². The largest absolute Gasteiger partial charge is 0.386 e. The predicted molar refractivity (Wildman–Crippen MR) is 202 cm³/mol. The number of hydrogen-bond acceptors (Lipinski definition) is 2. The van der Waals surface area contributed by atoms with Crippen molar-refractivity contribution in [1.29, 1.82) is 0 Å². The van der Waals surface area contributed by atoms with E-state index in [9.17, 15) is 0 Å². The van der Waals surface area contributed by atoms with Gasteiger partial charge in [0.2, 0.25) is 0 Å². The van der Waals surface area contributed by atoms with Crippen molar-refractivity contribution in [3.8, 4) is 27.9 Å². The van der Waals surface area contributed by atoms with Crippen molar-refractivity contribution in [1.82, 2.24) is 14.9 Å². The Morgan fingerprint density at radius 3 is 2.08 bits per heavy atom. The number of aromatic nitrogens is 2. The third kappa shape index (κ3) is 4.88. The average molecular weight is 616 g/mol. The maximum atomic E-state index is 4.79. The Balaban J connectivity index is 1.20. The highest BCUT2D eigenvalue weighted by molar-refractivity contribution is 6.19. The maximum absolute atomic E-state index is 4.79.